The summed E-state index contributed by atoms with van der Waals surface area (Å²) in [6.45, 7) is 0.833. The van der Waals surface area contributed by atoms with Gasteiger partial charge in [0.05, 0.1) is 17.7 Å². The van der Waals surface area contributed by atoms with Crippen LogP contribution in [0, 0.1) is 0 Å². The zero-order valence-electron chi connectivity index (χ0n) is 19.4. The lowest BCUT2D eigenvalue weighted by molar-refractivity contribution is -0.138. The van der Waals surface area contributed by atoms with Crippen LogP contribution in [0.3, 0.4) is 0 Å². The molecular weight excluding hydrogens is 488 g/mol. The van der Waals surface area contributed by atoms with E-state index in [1.165, 1.54) is 30.2 Å². The third kappa shape index (κ3) is 7.51. The van der Waals surface area contributed by atoms with E-state index in [2.05, 4.69) is 5.32 Å². The zero-order chi connectivity index (χ0) is 26.3. The maximum atomic E-state index is 13.1. The molecule has 2 aromatic carbocycles. The fourth-order valence-corrected chi connectivity index (χ4v) is 3.61. The Labute approximate surface area is 204 Å². The fourth-order valence-electron chi connectivity index (χ4n) is 3.61. The summed E-state index contributed by atoms with van der Waals surface area (Å²) in [6.07, 6.45) is -6.85. The number of aromatic nitrogens is 1. The quantitative estimate of drug-likeness (QED) is 0.257. The van der Waals surface area contributed by atoms with Crippen LogP contribution in [0.5, 0.6) is 0 Å². The topological polar surface area (TPSA) is 46.5 Å². The molecule has 0 radical (unpaired) electrons. The maximum Gasteiger partial charge on any atom is 0.416 e. The van der Waals surface area contributed by atoms with Gasteiger partial charge in [0.1, 0.15) is 0 Å². The zero-order valence-corrected chi connectivity index (χ0v) is 19.4. The number of carbonyl (C=O) groups excluding carboxylic acids is 1. The molecule has 0 aliphatic rings. The molecular formula is C25H25F6N3O2. The minimum absolute atomic E-state index is 0.00841. The van der Waals surface area contributed by atoms with Gasteiger partial charge in [-0.1, -0.05) is 18.2 Å². The van der Waals surface area contributed by atoms with E-state index in [9.17, 15) is 31.1 Å². The molecule has 36 heavy (non-hydrogen) atoms. The molecule has 3 rings (SSSR count). The molecule has 0 saturated carbocycles. The number of amides is 2. The molecule has 0 fully saturated rings. The van der Waals surface area contributed by atoms with Crippen molar-refractivity contribution < 1.29 is 35.9 Å². The van der Waals surface area contributed by atoms with Crippen molar-refractivity contribution in [3.63, 3.8) is 0 Å². The lowest BCUT2D eigenvalue weighted by atomic mass is 10.1. The van der Waals surface area contributed by atoms with E-state index in [-0.39, 0.29) is 25.3 Å². The monoisotopic (exact) mass is 513 g/mol. The first-order chi connectivity index (χ1) is 17.0. The Bertz CT molecular complexity index is 1160. The summed E-state index contributed by atoms with van der Waals surface area (Å²) in [6, 6.07) is 12.1. The number of nitrogens with zero attached hydrogens (tertiary/aromatic N) is 2. The number of ether oxygens (including phenoxy) is 1. The van der Waals surface area contributed by atoms with Crippen LogP contribution >= 0.6 is 0 Å². The van der Waals surface area contributed by atoms with Crippen LogP contribution in [0.25, 0.3) is 0 Å². The fraction of sp³-hybridized carbons (Fsp3) is 0.320. The SMILES string of the molecule is COCCCN(Cc1cccn1Cc1cccc(C(F)(F)F)c1)C(=O)Nc1cccc(C(F)(F)F)c1. The highest BCUT2D eigenvalue weighted by Gasteiger charge is 2.31. The van der Waals surface area contributed by atoms with Crippen molar-refractivity contribution in [3.8, 4) is 0 Å². The van der Waals surface area contributed by atoms with E-state index >= 15 is 0 Å². The number of urea groups is 1. The molecule has 2 amide bonds. The standard InChI is InChI=1S/C25H25F6N3O2/c1-36-13-5-12-34(23(35)32-21-9-3-8-20(15-21)25(29,30)31)17-22-10-4-11-33(22)16-18-6-2-7-19(14-18)24(26,27)28/h2-4,6-11,14-15H,5,12-13,16-17H2,1H3,(H,32,35). The summed E-state index contributed by atoms with van der Waals surface area (Å²) in [4.78, 5) is 14.4. The molecule has 11 heteroatoms. The average molecular weight is 513 g/mol. The lowest BCUT2D eigenvalue weighted by Gasteiger charge is -2.24. The second-order valence-electron chi connectivity index (χ2n) is 8.10. The minimum Gasteiger partial charge on any atom is -0.385 e. The van der Waals surface area contributed by atoms with Crippen molar-refractivity contribution in [1.29, 1.82) is 0 Å². The number of hydrogen-bond donors (Lipinski definition) is 1. The number of carbonyl (C=O) groups is 1. The number of hydrogen-bond acceptors (Lipinski definition) is 2. The largest absolute Gasteiger partial charge is 0.416 e. The number of alkyl halides is 6. The van der Waals surface area contributed by atoms with Gasteiger partial charge in [-0.05, 0) is 54.4 Å². The van der Waals surface area contributed by atoms with E-state index < -0.39 is 29.5 Å². The molecule has 3 aromatic rings. The molecule has 0 unspecified atom stereocenters. The van der Waals surface area contributed by atoms with Crippen LogP contribution in [0.15, 0.2) is 66.9 Å². The molecule has 1 heterocycles. The summed E-state index contributed by atoms with van der Waals surface area (Å²) in [5.74, 6) is 0. The van der Waals surface area contributed by atoms with Crippen molar-refractivity contribution in [2.45, 2.75) is 31.9 Å². The van der Waals surface area contributed by atoms with Gasteiger partial charge in [0.2, 0.25) is 0 Å². The normalized spacial score (nSPS) is 12.0. The van der Waals surface area contributed by atoms with Gasteiger partial charge in [-0.15, -0.1) is 0 Å². The summed E-state index contributed by atoms with van der Waals surface area (Å²) >= 11 is 0. The third-order valence-corrected chi connectivity index (χ3v) is 5.39. The Morgan fingerprint density at radius 3 is 2.28 bits per heavy atom. The summed E-state index contributed by atoms with van der Waals surface area (Å²) < 4.78 is 85.1. The number of benzene rings is 2. The van der Waals surface area contributed by atoms with Crippen LogP contribution in [0.1, 0.15) is 28.8 Å². The van der Waals surface area contributed by atoms with Crippen molar-refractivity contribution >= 4 is 11.7 Å². The molecule has 0 aliphatic carbocycles. The Morgan fingerprint density at radius 2 is 1.61 bits per heavy atom. The highest BCUT2D eigenvalue weighted by Crippen LogP contribution is 2.31. The minimum atomic E-state index is -4.55. The van der Waals surface area contributed by atoms with Gasteiger partial charge in [-0.3, -0.25) is 0 Å². The Hall–Kier alpha value is -3.47. The summed E-state index contributed by atoms with van der Waals surface area (Å²) in [5, 5.41) is 2.50. The molecule has 5 nitrogen and oxygen atoms in total. The van der Waals surface area contributed by atoms with Gasteiger partial charge in [0, 0.05) is 44.4 Å². The smallest absolute Gasteiger partial charge is 0.385 e. The molecule has 0 saturated heterocycles. The maximum absolute atomic E-state index is 13.1. The second kappa shape index (κ2) is 11.5. The third-order valence-electron chi connectivity index (χ3n) is 5.39. The van der Waals surface area contributed by atoms with E-state index in [1.807, 2.05) is 0 Å². The molecule has 0 aliphatic heterocycles. The van der Waals surface area contributed by atoms with Crippen molar-refractivity contribution in [2.24, 2.45) is 0 Å². The second-order valence-corrected chi connectivity index (χ2v) is 8.10. The Morgan fingerprint density at radius 1 is 0.944 bits per heavy atom. The van der Waals surface area contributed by atoms with E-state index in [4.69, 9.17) is 4.74 Å². The molecule has 0 atom stereocenters. The van der Waals surface area contributed by atoms with Crippen LogP contribution in [0.2, 0.25) is 0 Å². The van der Waals surface area contributed by atoms with Crippen molar-refractivity contribution in [3.05, 3.63) is 89.2 Å². The van der Waals surface area contributed by atoms with E-state index in [0.717, 1.165) is 24.3 Å². The Kier molecular flexibility index (Phi) is 8.67. The van der Waals surface area contributed by atoms with E-state index in [0.29, 0.717) is 24.3 Å². The lowest BCUT2D eigenvalue weighted by Crippen LogP contribution is -2.36. The first-order valence-corrected chi connectivity index (χ1v) is 11.0. The number of anilines is 1. The van der Waals surface area contributed by atoms with Crippen LogP contribution in [-0.4, -0.2) is 35.8 Å². The molecule has 0 spiro atoms. The summed E-state index contributed by atoms with van der Waals surface area (Å²) in [7, 11) is 1.51. The van der Waals surface area contributed by atoms with Gasteiger partial charge in [0.25, 0.3) is 0 Å². The van der Waals surface area contributed by atoms with Crippen LogP contribution in [0.4, 0.5) is 36.8 Å². The van der Waals surface area contributed by atoms with E-state index in [1.54, 1.807) is 29.0 Å². The van der Waals surface area contributed by atoms with Crippen LogP contribution in [-0.2, 0) is 30.2 Å². The van der Waals surface area contributed by atoms with Gasteiger partial charge < -0.3 is 19.5 Å². The highest BCUT2D eigenvalue weighted by atomic mass is 19.4. The van der Waals surface area contributed by atoms with Crippen LogP contribution < -0.4 is 5.32 Å². The van der Waals surface area contributed by atoms with Gasteiger partial charge >= 0.3 is 18.4 Å². The predicted molar refractivity (Wildman–Crippen MR) is 122 cm³/mol. The molecule has 1 aromatic heterocycles. The number of methoxy groups -OCH3 is 1. The van der Waals surface area contributed by atoms with Gasteiger partial charge in [-0.2, -0.15) is 26.3 Å². The average Bonchev–Trinajstić information content (AvgIpc) is 3.24. The molecule has 0 bridgehead atoms. The van der Waals surface area contributed by atoms with Gasteiger partial charge in [0.15, 0.2) is 0 Å². The van der Waals surface area contributed by atoms with Gasteiger partial charge in [-0.25, -0.2) is 4.79 Å². The van der Waals surface area contributed by atoms with Crippen molar-refractivity contribution in [1.82, 2.24) is 9.47 Å². The highest BCUT2D eigenvalue weighted by molar-refractivity contribution is 5.89. The predicted octanol–water partition coefficient (Wildman–Crippen LogP) is 6.64. The first kappa shape index (κ1) is 27.1. The number of nitrogens with one attached hydrogen (secondary N) is 1. The Balaban J connectivity index is 1.77. The van der Waals surface area contributed by atoms with Crippen molar-refractivity contribution in [2.75, 3.05) is 25.6 Å². The number of rotatable bonds is 9. The summed E-state index contributed by atoms with van der Waals surface area (Å²) in [5.41, 5.74) is -0.576. The molecule has 1 N–H and O–H groups in total. The molecule has 194 valence electrons. The number of halogens is 6. The first-order valence-electron chi connectivity index (χ1n) is 11.0.